The van der Waals surface area contributed by atoms with Gasteiger partial charge < -0.3 is 14.9 Å². The average molecular weight is 323 g/mol. The monoisotopic (exact) mass is 323 g/mol. The molecule has 0 aliphatic rings. The lowest BCUT2D eigenvalue weighted by Crippen LogP contribution is -2.06. The van der Waals surface area contributed by atoms with Crippen molar-refractivity contribution in [2.45, 2.75) is 6.61 Å². The number of rotatable bonds is 6. The molecule has 0 saturated heterocycles. The Labute approximate surface area is 127 Å². The number of ether oxygens (including phenoxy) is 1. The molecule has 1 aromatic heterocycles. The van der Waals surface area contributed by atoms with Gasteiger partial charge >= 0.3 is 11.6 Å². The van der Waals surface area contributed by atoms with E-state index in [4.69, 9.17) is 4.74 Å². The Morgan fingerprint density at radius 3 is 2.35 bits per heavy atom. The fourth-order valence-electron chi connectivity index (χ4n) is 1.77. The van der Waals surface area contributed by atoms with Gasteiger partial charge in [0.25, 0.3) is 5.69 Å². The van der Waals surface area contributed by atoms with E-state index in [2.05, 4.69) is 4.98 Å². The van der Waals surface area contributed by atoms with Crippen LogP contribution in [0.5, 0.6) is 5.75 Å². The van der Waals surface area contributed by atoms with Crippen LogP contribution in [0.2, 0.25) is 0 Å². The van der Waals surface area contributed by atoms with Gasteiger partial charge in [-0.2, -0.15) is 0 Å². The molecule has 0 aliphatic carbocycles. The number of benzene rings is 1. The number of aromatic nitrogens is 2. The van der Waals surface area contributed by atoms with Crippen molar-refractivity contribution in [3.8, 4) is 5.75 Å². The zero-order valence-electron chi connectivity index (χ0n) is 11.6. The van der Waals surface area contributed by atoms with Crippen molar-refractivity contribution in [2.75, 3.05) is 0 Å². The van der Waals surface area contributed by atoms with Gasteiger partial charge in [-0.05, 0) is 11.0 Å². The highest BCUT2D eigenvalue weighted by Gasteiger charge is 2.22. The second-order valence-corrected chi connectivity index (χ2v) is 4.32. The summed E-state index contributed by atoms with van der Waals surface area (Å²) >= 11 is 0. The Balaban J connectivity index is 2.25. The van der Waals surface area contributed by atoms with E-state index in [0.717, 1.165) is 22.8 Å². The van der Waals surface area contributed by atoms with Crippen LogP contribution in [0.3, 0.4) is 0 Å². The molecular weight excluding hydrogens is 314 g/mol. The highest BCUT2D eigenvalue weighted by molar-refractivity contribution is 5.53. The van der Waals surface area contributed by atoms with Gasteiger partial charge in [-0.25, -0.2) is 4.57 Å². The van der Waals surface area contributed by atoms with Crippen molar-refractivity contribution >= 4 is 17.3 Å². The van der Waals surface area contributed by atoms with E-state index in [1.54, 1.807) is 0 Å². The molecule has 23 heavy (non-hydrogen) atoms. The van der Waals surface area contributed by atoms with Crippen molar-refractivity contribution in [2.24, 2.45) is 7.05 Å². The van der Waals surface area contributed by atoms with E-state index in [-0.39, 0.29) is 12.4 Å². The largest absolute Gasteiger partial charge is 0.479 e. The van der Waals surface area contributed by atoms with Crippen LogP contribution in [-0.2, 0) is 13.7 Å². The highest BCUT2D eigenvalue weighted by Crippen LogP contribution is 2.31. The molecular formula is C11H9N5O7. The first kappa shape index (κ1) is 15.8. The van der Waals surface area contributed by atoms with Crippen molar-refractivity contribution in [1.82, 2.24) is 9.55 Å². The predicted octanol–water partition coefficient (Wildman–Crippen LogP) is 1.72. The van der Waals surface area contributed by atoms with Gasteiger partial charge in [-0.15, -0.1) is 0 Å². The Hall–Kier alpha value is -3.57. The topological polar surface area (TPSA) is 156 Å². The van der Waals surface area contributed by atoms with E-state index < -0.39 is 32.1 Å². The van der Waals surface area contributed by atoms with Crippen molar-refractivity contribution in [3.63, 3.8) is 0 Å². The van der Waals surface area contributed by atoms with E-state index in [1.807, 2.05) is 0 Å². The minimum atomic E-state index is -0.811. The van der Waals surface area contributed by atoms with Gasteiger partial charge in [0.15, 0.2) is 11.4 Å². The summed E-state index contributed by atoms with van der Waals surface area (Å²) in [6.45, 7) is -0.226. The van der Waals surface area contributed by atoms with Gasteiger partial charge in [0.1, 0.15) is 12.8 Å². The number of nitrogens with zero attached hydrogens (tertiary/aromatic N) is 5. The molecule has 120 valence electrons. The second kappa shape index (κ2) is 6.05. The molecule has 0 saturated carbocycles. The molecule has 12 nitrogen and oxygen atoms in total. The SMILES string of the molecule is Cn1c(COc2ccc([N+](=O)[O-])cc2[N+](=O)[O-])cnc1[N+](=O)[O-]. The van der Waals surface area contributed by atoms with Crippen LogP contribution < -0.4 is 4.74 Å². The van der Waals surface area contributed by atoms with E-state index >= 15 is 0 Å². The van der Waals surface area contributed by atoms with Crippen LogP contribution in [0.1, 0.15) is 5.69 Å². The van der Waals surface area contributed by atoms with Crippen molar-refractivity contribution in [3.05, 3.63) is 60.4 Å². The van der Waals surface area contributed by atoms with Gasteiger partial charge in [-0.1, -0.05) is 4.98 Å². The van der Waals surface area contributed by atoms with Crippen molar-refractivity contribution in [1.29, 1.82) is 0 Å². The first-order valence-electron chi connectivity index (χ1n) is 6.02. The summed E-state index contributed by atoms with van der Waals surface area (Å²) in [5, 5.41) is 32.3. The minimum absolute atomic E-state index is 0.190. The van der Waals surface area contributed by atoms with E-state index in [1.165, 1.54) is 13.2 Å². The molecule has 0 N–H and O–H groups in total. The van der Waals surface area contributed by atoms with E-state index in [9.17, 15) is 30.3 Å². The fraction of sp³-hybridized carbons (Fsp3) is 0.182. The first-order valence-corrected chi connectivity index (χ1v) is 6.02. The van der Waals surface area contributed by atoms with Crippen LogP contribution in [-0.4, -0.2) is 24.3 Å². The molecule has 0 bridgehead atoms. The summed E-state index contributed by atoms with van der Waals surface area (Å²) < 4.78 is 6.41. The van der Waals surface area contributed by atoms with Crippen LogP contribution in [0.15, 0.2) is 24.4 Å². The molecule has 0 fully saturated rings. The molecule has 0 unspecified atom stereocenters. The minimum Gasteiger partial charge on any atom is -0.479 e. The number of nitro groups is 3. The highest BCUT2D eigenvalue weighted by atomic mass is 16.6. The average Bonchev–Trinajstić information content (AvgIpc) is 2.85. The summed E-state index contributed by atoms with van der Waals surface area (Å²) in [6.07, 6.45) is 1.20. The third kappa shape index (κ3) is 3.20. The molecule has 1 aromatic carbocycles. The normalized spacial score (nSPS) is 10.3. The zero-order valence-corrected chi connectivity index (χ0v) is 11.6. The number of hydrogen-bond acceptors (Lipinski definition) is 8. The summed E-state index contributed by atoms with van der Waals surface area (Å²) in [7, 11) is 1.40. The zero-order chi connectivity index (χ0) is 17.1. The smallest absolute Gasteiger partial charge is 0.434 e. The van der Waals surface area contributed by atoms with Gasteiger partial charge in [-0.3, -0.25) is 20.2 Å². The van der Waals surface area contributed by atoms with E-state index in [0.29, 0.717) is 5.69 Å². The Morgan fingerprint density at radius 1 is 1.13 bits per heavy atom. The summed E-state index contributed by atoms with van der Waals surface area (Å²) in [5.41, 5.74) is -0.708. The number of non-ortho nitro benzene ring substituents is 1. The Bertz CT molecular complexity index is 800. The molecule has 0 amide bonds. The maximum Gasteiger partial charge on any atom is 0.434 e. The lowest BCUT2D eigenvalue weighted by Gasteiger charge is -2.05. The molecule has 0 spiro atoms. The van der Waals surface area contributed by atoms with Gasteiger partial charge in [0.2, 0.25) is 0 Å². The van der Waals surface area contributed by atoms with Gasteiger partial charge in [0, 0.05) is 6.07 Å². The molecule has 0 aliphatic heterocycles. The number of hydrogen-bond donors (Lipinski definition) is 0. The fourth-order valence-corrected chi connectivity index (χ4v) is 1.77. The summed E-state index contributed by atoms with van der Waals surface area (Å²) in [5.74, 6) is -0.591. The third-order valence-corrected chi connectivity index (χ3v) is 2.95. The quantitative estimate of drug-likeness (QED) is 0.574. The predicted molar refractivity (Wildman–Crippen MR) is 73.9 cm³/mol. The Morgan fingerprint density at radius 2 is 1.83 bits per heavy atom. The summed E-state index contributed by atoms with van der Waals surface area (Å²) in [4.78, 5) is 33.6. The van der Waals surface area contributed by atoms with Crippen LogP contribution in [0.4, 0.5) is 17.3 Å². The second-order valence-electron chi connectivity index (χ2n) is 4.32. The first-order chi connectivity index (χ1) is 10.8. The lowest BCUT2D eigenvalue weighted by atomic mass is 10.2. The van der Waals surface area contributed by atoms with Gasteiger partial charge in [0.05, 0.1) is 23.0 Å². The van der Waals surface area contributed by atoms with Crippen LogP contribution in [0, 0.1) is 30.3 Å². The maximum absolute atomic E-state index is 11.0. The third-order valence-electron chi connectivity index (χ3n) is 2.95. The molecule has 12 heteroatoms. The van der Waals surface area contributed by atoms with Crippen LogP contribution in [0.25, 0.3) is 0 Å². The number of imidazole rings is 1. The molecule has 1 heterocycles. The molecule has 0 radical (unpaired) electrons. The standard InChI is InChI=1S/C11H9N5O7/c1-13-8(5-12-11(13)16(21)22)6-23-10-3-2-7(14(17)18)4-9(10)15(19)20/h2-5H,6H2,1H3. The van der Waals surface area contributed by atoms with Crippen molar-refractivity contribution < 1.29 is 19.5 Å². The number of nitro benzene ring substituents is 2. The summed E-state index contributed by atoms with van der Waals surface area (Å²) in [6, 6.07) is 2.94. The molecule has 2 rings (SSSR count). The maximum atomic E-state index is 11.0. The lowest BCUT2D eigenvalue weighted by molar-refractivity contribution is -0.396. The van der Waals surface area contributed by atoms with Crippen LogP contribution >= 0.6 is 0 Å². The molecule has 0 atom stereocenters. The Kier molecular flexibility index (Phi) is 4.16. The molecule has 2 aromatic rings.